The van der Waals surface area contributed by atoms with Crippen molar-refractivity contribution < 1.29 is 14.3 Å². The van der Waals surface area contributed by atoms with Crippen LogP contribution in [0.2, 0.25) is 0 Å². The summed E-state index contributed by atoms with van der Waals surface area (Å²) in [4.78, 5) is 24.9. The van der Waals surface area contributed by atoms with Crippen LogP contribution in [0, 0.1) is 0 Å². The standard InChI is InChI=1S/C13H24N2O3/c1-3-4-8-12(16)14-11-7-5-6-9-15(10-11)13(17)18-2/h11H,3-10H2,1-2H3,(H,14,16). The molecule has 0 saturated carbocycles. The first-order valence-corrected chi connectivity index (χ1v) is 6.79. The van der Waals surface area contributed by atoms with E-state index in [1.165, 1.54) is 7.11 Å². The van der Waals surface area contributed by atoms with E-state index in [1.807, 2.05) is 0 Å². The lowest BCUT2D eigenvalue weighted by Crippen LogP contribution is -2.44. The Hall–Kier alpha value is -1.26. The quantitative estimate of drug-likeness (QED) is 0.836. The molecule has 0 aliphatic carbocycles. The molecule has 18 heavy (non-hydrogen) atoms. The summed E-state index contributed by atoms with van der Waals surface area (Å²) in [5.74, 6) is 0.0913. The van der Waals surface area contributed by atoms with E-state index < -0.39 is 0 Å². The number of carbonyl (C=O) groups is 2. The van der Waals surface area contributed by atoms with Crippen LogP contribution in [0.1, 0.15) is 45.4 Å². The number of amides is 2. The fourth-order valence-electron chi connectivity index (χ4n) is 2.19. The van der Waals surface area contributed by atoms with Crippen molar-refractivity contribution in [3.05, 3.63) is 0 Å². The molecule has 104 valence electrons. The number of rotatable bonds is 4. The molecule has 2 amide bonds. The molecule has 0 spiro atoms. The Morgan fingerprint density at radius 1 is 1.39 bits per heavy atom. The average Bonchev–Trinajstić information content (AvgIpc) is 2.61. The van der Waals surface area contributed by atoms with Crippen molar-refractivity contribution in [1.82, 2.24) is 10.2 Å². The van der Waals surface area contributed by atoms with Gasteiger partial charge in [0, 0.05) is 25.6 Å². The van der Waals surface area contributed by atoms with Gasteiger partial charge in [0.25, 0.3) is 0 Å². The first-order valence-electron chi connectivity index (χ1n) is 6.79. The average molecular weight is 256 g/mol. The minimum atomic E-state index is -0.301. The molecule has 1 aliphatic heterocycles. The van der Waals surface area contributed by atoms with E-state index in [9.17, 15) is 9.59 Å². The molecule has 1 atom stereocenters. The molecule has 5 heteroatoms. The van der Waals surface area contributed by atoms with E-state index in [0.717, 1.165) is 32.1 Å². The summed E-state index contributed by atoms with van der Waals surface area (Å²) in [5, 5.41) is 3.01. The summed E-state index contributed by atoms with van der Waals surface area (Å²) in [5.41, 5.74) is 0. The highest BCUT2D eigenvalue weighted by atomic mass is 16.5. The van der Waals surface area contributed by atoms with Gasteiger partial charge >= 0.3 is 6.09 Å². The molecule has 0 aromatic rings. The largest absolute Gasteiger partial charge is 0.453 e. The number of nitrogens with one attached hydrogen (secondary N) is 1. The van der Waals surface area contributed by atoms with Gasteiger partial charge < -0.3 is 15.0 Å². The van der Waals surface area contributed by atoms with Crippen LogP contribution < -0.4 is 5.32 Å². The lowest BCUT2D eigenvalue weighted by Gasteiger charge is -2.23. The second-order valence-electron chi connectivity index (χ2n) is 4.78. The fraction of sp³-hybridized carbons (Fsp3) is 0.846. The smallest absolute Gasteiger partial charge is 0.409 e. The van der Waals surface area contributed by atoms with Crippen LogP contribution in [0.5, 0.6) is 0 Å². The highest BCUT2D eigenvalue weighted by Crippen LogP contribution is 2.12. The minimum Gasteiger partial charge on any atom is -0.453 e. The van der Waals surface area contributed by atoms with Gasteiger partial charge in [-0.05, 0) is 25.7 Å². The third kappa shape index (κ3) is 4.94. The Morgan fingerprint density at radius 2 is 2.17 bits per heavy atom. The van der Waals surface area contributed by atoms with Crippen molar-refractivity contribution >= 4 is 12.0 Å². The first kappa shape index (κ1) is 14.8. The Bertz CT molecular complexity index is 281. The molecule has 1 N–H and O–H groups in total. The van der Waals surface area contributed by atoms with Gasteiger partial charge in [0.05, 0.1) is 7.11 Å². The highest BCUT2D eigenvalue weighted by molar-refractivity contribution is 5.76. The van der Waals surface area contributed by atoms with Crippen LogP contribution in [-0.2, 0) is 9.53 Å². The molecule has 5 nitrogen and oxygen atoms in total. The topological polar surface area (TPSA) is 58.6 Å². The van der Waals surface area contributed by atoms with Crippen LogP contribution >= 0.6 is 0 Å². The molecular formula is C13H24N2O3. The van der Waals surface area contributed by atoms with Crippen molar-refractivity contribution in [1.29, 1.82) is 0 Å². The van der Waals surface area contributed by atoms with E-state index in [2.05, 4.69) is 12.2 Å². The number of unbranched alkanes of at least 4 members (excludes halogenated alkanes) is 1. The predicted molar refractivity (Wildman–Crippen MR) is 69.3 cm³/mol. The van der Waals surface area contributed by atoms with Crippen molar-refractivity contribution in [3.63, 3.8) is 0 Å². The minimum absolute atomic E-state index is 0.0657. The lowest BCUT2D eigenvalue weighted by atomic mass is 10.1. The summed E-state index contributed by atoms with van der Waals surface area (Å²) in [6.07, 6.45) is 5.15. The van der Waals surface area contributed by atoms with E-state index in [0.29, 0.717) is 19.5 Å². The predicted octanol–water partition coefficient (Wildman–Crippen LogP) is 1.91. The van der Waals surface area contributed by atoms with Crippen molar-refractivity contribution in [2.24, 2.45) is 0 Å². The van der Waals surface area contributed by atoms with Crippen LogP contribution in [0.15, 0.2) is 0 Å². The molecule has 1 heterocycles. The van der Waals surface area contributed by atoms with E-state index >= 15 is 0 Å². The molecule has 0 bridgehead atoms. The van der Waals surface area contributed by atoms with Crippen LogP contribution in [0.25, 0.3) is 0 Å². The molecule has 1 rings (SSSR count). The van der Waals surface area contributed by atoms with Gasteiger partial charge in [-0.2, -0.15) is 0 Å². The van der Waals surface area contributed by atoms with Crippen molar-refractivity contribution in [2.45, 2.75) is 51.5 Å². The van der Waals surface area contributed by atoms with E-state index in [4.69, 9.17) is 4.74 Å². The Kier molecular flexibility index (Phi) is 6.54. The molecule has 0 radical (unpaired) electrons. The third-order valence-corrected chi connectivity index (χ3v) is 3.23. The lowest BCUT2D eigenvalue weighted by molar-refractivity contribution is -0.122. The summed E-state index contributed by atoms with van der Waals surface area (Å²) in [6.45, 7) is 3.34. The molecule has 0 aromatic carbocycles. The summed E-state index contributed by atoms with van der Waals surface area (Å²) in [6, 6.07) is 0.0657. The normalized spacial score (nSPS) is 20.1. The van der Waals surface area contributed by atoms with Gasteiger partial charge in [-0.1, -0.05) is 13.3 Å². The molecule has 1 saturated heterocycles. The zero-order valence-electron chi connectivity index (χ0n) is 11.4. The number of likely N-dealkylation sites (tertiary alicyclic amines) is 1. The molecular weight excluding hydrogens is 232 g/mol. The molecule has 1 unspecified atom stereocenters. The maximum atomic E-state index is 11.7. The van der Waals surface area contributed by atoms with Crippen LogP contribution in [0.3, 0.4) is 0 Å². The molecule has 1 aliphatic rings. The highest BCUT2D eigenvalue weighted by Gasteiger charge is 2.23. The number of carbonyl (C=O) groups excluding carboxylic acids is 2. The SMILES string of the molecule is CCCCC(=O)NC1CCCCN(C(=O)OC)C1. The molecule has 0 aromatic heterocycles. The monoisotopic (exact) mass is 256 g/mol. The maximum Gasteiger partial charge on any atom is 0.409 e. The van der Waals surface area contributed by atoms with Gasteiger partial charge in [-0.25, -0.2) is 4.79 Å². The van der Waals surface area contributed by atoms with Gasteiger partial charge in [0.15, 0.2) is 0 Å². The fourth-order valence-corrected chi connectivity index (χ4v) is 2.19. The number of ether oxygens (including phenoxy) is 1. The van der Waals surface area contributed by atoms with Gasteiger partial charge in [-0.15, -0.1) is 0 Å². The Balaban J connectivity index is 2.43. The second-order valence-corrected chi connectivity index (χ2v) is 4.78. The number of nitrogens with zero attached hydrogens (tertiary/aromatic N) is 1. The zero-order chi connectivity index (χ0) is 13.4. The summed E-state index contributed by atoms with van der Waals surface area (Å²) in [7, 11) is 1.39. The van der Waals surface area contributed by atoms with Crippen molar-refractivity contribution in [2.75, 3.05) is 20.2 Å². The van der Waals surface area contributed by atoms with Crippen LogP contribution in [-0.4, -0.2) is 43.1 Å². The first-order chi connectivity index (χ1) is 8.67. The van der Waals surface area contributed by atoms with Crippen molar-refractivity contribution in [3.8, 4) is 0 Å². The molecule has 1 fully saturated rings. The number of hydrogen-bond acceptors (Lipinski definition) is 3. The summed E-state index contributed by atoms with van der Waals surface area (Å²) < 4.78 is 4.74. The Labute approximate surface area is 109 Å². The second kappa shape index (κ2) is 7.95. The van der Waals surface area contributed by atoms with Gasteiger partial charge in [0.2, 0.25) is 5.91 Å². The zero-order valence-corrected chi connectivity index (χ0v) is 11.4. The van der Waals surface area contributed by atoms with E-state index in [1.54, 1.807) is 4.90 Å². The number of methoxy groups -OCH3 is 1. The third-order valence-electron chi connectivity index (χ3n) is 3.23. The maximum absolute atomic E-state index is 11.7. The number of hydrogen-bond donors (Lipinski definition) is 1. The van der Waals surface area contributed by atoms with Gasteiger partial charge in [-0.3, -0.25) is 4.79 Å². The Morgan fingerprint density at radius 3 is 2.83 bits per heavy atom. The summed E-state index contributed by atoms with van der Waals surface area (Å²) >= 11 is 0. The van der Waals surface area contributed by atoms with Crippen LogP contribution in [0.4, 0.5) is 4.79 Å². The van der Waals surface area contributed by atoms with Gasteiger partial charge in [0.1, 0.15) is 0 Å². The van der Waals surface area contributed by atoms with E-state index in [-0.39, 0.29) is 18.0 Å².